The Bertz CT molecular complexity index is 397. The van der Waals surface area contributed by atoms with Gasteiger partial charge in [-0.05, 0) is 37.5 Å². The quantitative estimate of drug-likeness (QED) is 0.591. The Kier molecular flexibility index (Phi) is 4.62. The van der Waals surface area contributed by atoms with Gasteiger partial charge in [0.15, 0.2) is 0 Å². The van der Waals surface area contributed by atoms with Crippen molar-refractivity contribution in [2.45, 2.75) is 32.6 Å². The van der Waals surface area contributed by atoms with Crippen LogP contribution >= 0.6 is 0 Å². The summed E-state index contributed by atoms with van der Waals surface area (Å²) in [5.74, 6) is -0.204. The van der Waals surface area contributed by atoms with Crippen molar-refractivity contribution in [3.8, 4) is 0 Å². The topological polar surface area (TPSA) is 29.5 Å². The van der Waals surface area contributed by atoms with Gasteiger partial charge < -0.3 is 9.64 Å². The van der Waals surface area contributed by atoms with Crippen LogP contribution in [0.2, 0.25) is 0 Å². The number of anilines is 1. The molecule has 0 aromatic heterocycles. The number of carbonyl (C=O) groups excluding carboxylic acids is 1. The molecule has 1 aromatic rings. The summed E-state index contributed by atoms with van der Waals surface area (Å²) in [6, 6.07) is 7.77. The molecule has 1 aliphatic rings. The van der Waals surface area contributed by atoms with Crippen molar-refractivity contribution in [2.24, 2.45) is 0 Å². The molecule has 0 aliphatic carbocycles. The molecule has 0 atom stereocenters. The van der Waals surface area contributed by atoms with E-state index in [0.29, 0.717) is 12.2 Å². The molecule has 1 heterocycles. The Morgan fingerprint density at radius 1 is 1.33 bits per heavy atom. The molecule has 1 aliphatic heterocycles. The number of hydrogen-bond donors (Lipinski definition) is 0. The smallest absolute Gasteiger partial charge is 0.338 e. The van der Waals surface area contributed by atoms with Crippen LogP contribution in [-0.4, -0.2) is 25.7 Å². The molecule has 0 saturated carbocycles. The predicted molar refractivity (Wildman–Crippen MR) is 73.1 cm³/mol. The lowest BCUT2D eigenvalue weighted by molar-refractivity contribution is 0.0500. The first-order valence-electron chi connectivity index (χ1n) is 6.83. The van der Waals surface area contributed by atoms with Gasteiger partial charge in [-0.1, -0.05) is 19.4 Å². The third-order valence-electron chi connectivity index (χ3n) is 3.28. The normalized spacial score (nSPS) is 14.8. The maximum atomic E-state index is 11.8. The Morgan fingerprint density at radius 3 is 2.83 bits per heavy atom. The number of carbonyl (C=O) groups is 1. The van der Waals surface area contributed by atoms with Crippen molar-refractivity contribution >= 4 is 11.7 Å². The summed E-state index contributed by atoms with van der Waals surface area (Å²) in [4.78, 5) is 14.2. The van der Waals surface area contributed by atoms with Crippen molar-refractivity contribution < 1.29 is 9.53 Å². The summed E-state index contributed by atoms with van der Waals surface area (Å²) in [5.41, 5.74) is 1.80. The molecule has 18 heavy (non-hydrogen) atoms. The predicted octanol–water partition coefficient (Wildman–Crippen LogP) is 3.24. The Balaban J connectivity index is 1.99. The van der Waals surface area contributed by atoms with Crippen molar-refractivity contribution in [3.05, 3.63) is 29.8 Å². The van der Waals surface area contributed by atoms with E-state index in [1.807, 2.05) is 18.2 Å². The van der Waals surface area contributed by atoms with E-state index in [-0.39, 0.29) is 5.97 Å². The molecular formula is C15H21NO2. The summed E-state index contributed by atoms with van der Waals surface area (Å²) >= 11 is 0. The van der Waals surface area contributed by atoms with E-state index >= 15 is 0 Å². The van der Waals surface area contributed by atoms with Gasteiger partial charge in [0, 0.05) is 18.8 Å². The van der Waals surface area contributed by atoms with Gasteiger partial charge in [-0.3, -0.25) is 0 Å². The molecule has 0 N–H and O–H groups in total. The van der Waals surface area contributed by atoms with Crippen LogP contribution in [-0.2, 0) is 4.74 Å². The first kappa shape index (κ1) is 12.9. The Morgan fingerprint density at radius 2 is 2.11 bits per heavy atom. The van der Waals surface area contributed by atoms with Gasteiger partial charge in [-0.25, -0.2) is 4.79 Å². The van der Waals surface area contributed by atoms with E-state index in [1.165, 1.54) is 12.8 Å². The molecule has 3 nitrogen and oxygen atoms in total. The van der Waals surface area contributed by atoms with E-state index in [1.54, 1.807) is 0 Å². The van der Waals surface area contributed by atoms with Gasteiger partial charge >= 0.3 is 5.97 Å². The van der Waals surface area contributed by atoms with Crippen LogP contribution in [0.1, 0.15) is 43.0 Å². The highest BCUT2D eigenvalue weighted by atomic mass is 16.5. The number of nitrogens with zero attached hydrogens (tertiary/aromatic N) is 1. The van der Waals surface area contributed by atoms with Crippen LogP contribution in [0.4, 0.5) is 5.69 Å². The molecule has 1 fully saturated rings. The highest BCUT2D eigenvalue weighted by molar-refractivity contribution is 5.90. The van der Waals surface area contributed by atoms with Gasteiger partial charge in [-0.15, -0.1) is 0 Å². The number of esters is 1. The zero-order chi connectivity index (χ0) is 12.8. The van der Waals surface area contributed by atoms with Crippen molar-refractivity contribution in [2.75, 3.05) is 24.6 Å². The molecule has 0 amide bonds. The van der Waals surface area contributed by atoms with Crippen molar-refractivity contribution in [1.82, 2.24) is 0 Å². The van der Waals surface area contributed by atoms with E-state index in [0.717, 1.165) is 31.6 Å². The molecule has 0 bridgehead atoms. The van der Waals surface area contributed by atoms with Crippen LogP contribution in [0.15, 0.2) is 24.3 Å². The minimum atomic E-state index is -0.204. The lowest BCUT2D eigenvalue weighted by Crippen LogP contribution is -2.18. The number of rotatable bonds is 5. The first-order valence-corrected chi connectivity index (χ1v) is 6.83. The summed E-state index contributed by atoms with van der Waals surface area (Å²) in [7, 11) is 0. The average molecular weight is 247 g/mol. The molecule has 1 saturated heterocycles. The van der Waals surface area contributed by atoms with Crippen LogP contribution < -0.4 is 4.90 Å². The third-order valence-corrected chi connectivity index (χ3v) is 3.28. The average Bonchev–Trinajstić information content (AvgIpc) is 2.93. The molecule has 98 valence electrons. The van der Waals surface area contributed by atoms with Crippen LogP contribution in [0.25, 0.3) is 0 Å². The number of benzene rings is 1. The summed E-state index contributed by atoms with van der Waals surface area (Å²) in [5, 5.41) is 0. The molecule has 0 radical (unpaired) electrons. The Hall–Kier alpha value is -1.51. The maximum absolute atomic E-state index is 11.8. The van der Waals surface area contributed by atoms with E-state index in [4.69, 9.17) is 4.74 Å². The fraction of sp³-hybridized carbons (Fsp3) is 0.533. The number of hydrogen-bond acceptors (Lipinski definition) is 3. The monoisotopic (exact) mass is 247 g/mol. The van der Waals surface area contributed by atoms with E-state index in [9.17, 15) is 4.79 Å². The molecule has 0 unspecified atom stereocenters. The number of ether oxygens (including phenoxy) is 1. The minimum absolute atomic E-state index is 0.204. The van der Waals surface area contributed by atoms with Crippen LogP contribution in [0, 0.1) is 0 Å². The summed E-state index contributed by atoms with van der Waals surface area (Å²) in [6.45, 7) is 4.79. The van der Waals surface area contributed by atoms with E-state index < -0.39 is 0 Å². The summed E-state index contributed by atoms with van der Waals surface area (Å²) < 4.78 is 5.23. The molecule has 0 spiro atoms. The van der Waals surface area contributed by atoms with Gasteiger partial charge in [0.05, 0.1) is 12.2 Å². The molecule has 1 aromatic carbocycles. The lowest BCUT2D eigenvalue weighted by atomic mass is 10.2. The first-order chi connectivity index (χ1) is 8.81. The van der Waals surface area contributed by atoms with Crippen LogP contribution in [0.5, 0.6) is 0 Å². The zero-order valence-electron chi connectivity index (χ0n) is 11.0. The van der Waals surface area contributed by atoms with Crippen molar-refractivity contribution in [1.29, 1.82) is 0 Å². The summed E-state index contributed by atoms with van der Waals surface area (Å²) in [6.07, 6.45) is 4.45. The largest absolute Gasteiger partial charge is 0.462 e. The standard InChI is InChI=1S/C15H21NO2/c1-2-3-11-18-15(17)13-7-6-8-14(12-13)16-9-4-5-10-16/h6-8,12H,2-5,9-11H2,1H3. The highest BCUT2D eigenvalue weighted by Crippen LogP contribution is 2.21. The third kappa shape index (κ3) is 3.25. The number of unbranched alkanes of at least 4 members (excludes halogenated alkanes) is 1. The molecular weight excluding hydrogens is 226 g/mol. The minimum Gasteiger partial charge on any atom is -0.462 e. The maximum Gasteiger partial charge on any atom is 0.338 e. The second kappa shape index (κ2) is 6.43. The SMILES string of the molecule is CCCCOC(=O)c1cccc(N2CCCC2)c1. The van der Waals surface area contributed by atoms with Crippen LogP contribution in [0.3, 0.4) is 0 Å². The molecule has 3 heteroatoms. The molecule has 2 rings (SSSR count). The van der Waals surface area contributed by atoms with Gasteiger partial charge in [0.25, 0.3) is 0 Å². The second-order valence-electron chi connectivity index (χ2n) is 4.73. The Labute approximate surface area is 109 Å². The lowest BCUT2D eigenvalue weighted by Gasteiger charge is -2.18. The van der Waals surface area contributed by atoms with Crippen molar-refractivity contribution in [3.63, 3.8) is 0 Å². The van der Waals surface area contributed by atoms with Gasteiger partial charge in [0.2, 0.25) is 0 Å². The fourth-order valence-corrected chi connectivity index (χ4v) is 2.20. The second-order valence-corrected chi connectivity index (χ2v) is 4.73. The zero-order valence-corrected chi connectivity index (χ0v) is 11.0. The van der Waals surface area contributed by atoms with E-state index in [2.05, 4.69) is 17.9 Å². The van der Waals surface area contributed by atoms with Gasteiger partial charge in [0.1, 0.15) is 0 Å². The fourth-order valence-electron chi connectivity index (χ4n) is 2.20. The highest BCUT2D eigenvalue weighted by Gasteiger charge is 2.14. The van der Waals surface area contributed by atoms with Gasteiger partial charge in [-0.2, -0.15) is 0 Å².